The first-order valence-electron chi connectivity index (χ1n) is 13.7. The second-order valence-corrected chi connectivity index (χ2v) is 10.6. The summed E-state index contributed by atoms with van der Waals surface area (Å²) in [6.07, 6.45) is 13.0. The van der Waals surface area contributed by atoms with E-state index in [-0.39, 0.29) is 18.4 Å². The number of H-pyrrole nitrogens is 1. The molecule has 2 amide bonds. The van der Waals surface area contributed by atoms with Crippen LogP contribution in [0.5, 0.6) is 0 Å². The van der Waals surface area contributed by atoms with Crippen molar-refractivity contribution in [2.45, 2.75) is 64.3 Å². The summed E-state index contributed by atoms with van der Waals surface area (Å²) >= 11 is 12.9. The molecule has 0 atom stereocenters. The van der Waals surface area contributed by atoms with E-state index in [4.69, 9.17) is 34.7 Å². The minimum atomic E-state index is -0.542. The number of amides is 2. The first kappa shape index (κ1) is 30.9. The molecule has 0 saturated heterocycles. The molecule has 0 unspecified atom stereocenters. The van der Waals surface area contributed by atoms with E-state index in [9.17, 15) is 14.7 Å². The number of carbonyl (C=O) groups is 2. The van der Waals surface area contributed by atoms with Gasteiger partial charge < -0.3 is 31.8 Å². The number of unbranched alkanes of at least 4 members (excludes halogenated alkanes) is 7. The maximum atomic E-state index is 12.1. The number of aromatic amines is 1. The van der Waals surface area contributed by atoms with Crippen LogP contribution in [0.4, 0.5) is 0 Å². The van der Waals surface area contributed by atoms with Crippen LogP contribution in [-0.4, -0.2) is 65.8 Å². The molecule has 2 aromatic rings. The Kier molecular flexibility index (Phi) is 12.6. The smallest absolute Gasteiger partial charge is 0.248 e. The van der Waals surface area contributed by atoms with Crippen molar-refractivity contribution in [3.05, 3.63) is 39.0 Å². The van der Waals surface area contributed by atoms with Crippen molar-refractivity contribution in [2.75, 3.05) is 32.8 Å². The third kappa shape index (κ3) is 8.70. The third-order valence-corrected chi connectivity index (χ3v) is 7.78. The number of aromatic nitrogens is 1. The Hall–Kier alpha value is -2.59. The number of nitrogens with zero attached hydrogens (tertiary/aromatic N) is 2. The molecule has 9 nitrogen and oxygen atoms in total. The molecule has 39 heavy (non-hydrogen) atoms. The molecule has 1 aliphatic rings. The van der Waals surface area contributed by atoms with Gasteiger partial charge in [-0.15, -0.1) is 0 Å². The van der Waals surface area contributed by atoms with E-state index in [0.29, 0.717) is 52.9 Å². The predicted octanol–water partition coefficient (Wildman–Crippen LogP) is 3.92. The highest BCUT2D eigenvalue weighted by Crippen LogP contribution is 2.39. The van der Waals surface area contributed by atoms with Crippen LogP contribution in [0.25, 0.3) is 16.6 Å². The molecule has 0 radical (unpaired) electrons. The average molecular weight is 580 g/mol. The standard InChI is InChI=1S/C28H40Cl2N6O3/c29-21-15-19(26-20-17-36(25(39)18-37)14-10-23(20)35-28(26)27(21)30)22(32)9-13-33-16-24(38)34-12-8-6-4-2-1-3-5-7-11-31/h9,13,15,35,37H,1-8,10-12,14,16-18,31-32H2,(H,34,38)/b22-9-,33-13?. The summed E-state index contributed by atoms with van der Waals surface area (Å²) in [5.74, 6) is -0.468. The molecule has 0 spiro atoms. The second kappa shape index (κ2) is 15.9. The van der Waals surface area contributed by atoms with Gasteiger partial charge in [-0.2, -0.15) is 0 Å². The number of rotatable bonds is 15. The van der Waals surface area contributed by atoms with Crippen molar-refractivity contribution in [2.24, 2.45) is 16.5 Å². The summed E-state index contributed by atoms with van der Waals surface area (Å²) in [7, 11) is 0. The molecule has 0 bridgehead atoms. The molecule has 1 aliphatic heterocycles. The first-order valence-corrected chi connectivity index (χ1v) is 14.5. The number of nitrogens with one attached hydrogen (secondary N) is 2. The molecule has 2 heterocycles. The van der Waals surface area contributed by atoms with Gasteiger partial charge in [0.05, 0.1) is 15.6 Å². The quantitative estimate of drug-likeness (QED) is 0.160. The van der Waals surface area contributed by atoms with Gasteiger partial charge in [0.25, 0.3) is 0 Å². The lowest BCUT2D eigenvalue weighted by atomic mass is 9.99. The van der Waals surface area contributed by atoms with Crippen LogP contribution in [0.2, 0.25) is 10.0 Å². The fourth-order valence-corrected chi connectivity index (χ4v) is 5.25. The number of hydrogen-bond donors (Lipinski definition) is 5. The molecular formula is C28H40Cl2N6O3. The number of aliphatic imine (C=N–C) groups is 1. The molecular weight excluding hydrogens is 539 g/mol. The summed E-state index contributed by atoms with van der Waals surface area (Å²) in [5, 5.41) is 13.7. The third-order valence-electron chi connectivity index (χ3n) is 6.99. The second-order valence-electron chi connectivity index (χ2n) is 9.85. The highest BCUT2D eigenvalue weighted by molar-refractivity contribution is 6.45. The largest absolute Gasteiger partial charge is 0.398 e. The van der Waals surface area contributed by atoms with Crippen molar-refractivity contribution in [1.82, 2.24) is 15.2 Å². The fourth-order valence-electron chi connectivity index (χ4n) is 4.85. The Morgan fingerprint density at radius 3 is 2.51 bits per heavy atom. The van der Waals surface area contributed by atoms with Gasteiger partial charge in [-0.3, -0.25) is 14.6 Å². The van der Waals surface area contributed by atoms with Gasteiger partial charge in [0, 0.05) is 60.2 Å². The van der Waals surface area contributed by atoms with Crippen LogP contribution in [0.1, 0.15) is 68.2 Å². The van der Waals surface area contributed by atoms with E-state index in [0.717, 1.165) is 42.5 Å². The van der Waals surface area contributed by atoms with Crippen molar-refractivity contribution in [1.29, 1.82) is 0 Å². The van der Waals surface area contributed by atoms with E-state index in [1.807, 2.05) is 0 Å². The van der Waals surface area contributed by atoms with Crippen LogP contribution in [0, 0.1) is 0 Å². The molecule has 7 N–H and O–H groups in total. The maximum absolute atomic E-state index is 12.1. The molecule has 3 rings (SSSR count). The van der Waals surface area contributed by atoms with Crippen LogP contribution in [-0.2, 0) is 22.6 Å². The number of halogens is 2. The number of aliphatic hydroxyl groups is 1. The number of aliphatic hydroxyl groups excluding tert-OH is 1. The Bertz CT molecular complexity index is 1190. The zero-order valence-corrected chi connectivity index (χ0v) is 23.9. The number of carbonyl (C=O) groups excluding carboxylic acids is 2. The van der Waals surface area contributed by atoms with E-state index in [1.54, 1.807) is 17.0 Å². The molecule has 0 aliphatic carbocycles. The molecule has 0 saturated carbocycles. The number of fused-ring (bicyclic) bond motifs is 3. The summed E-state index contributed by atoms with van der Waals surface area (Å²) < 4.78 is 0. The summed E-state index contributed by atoms with van der Waals surface area (Å²) in [5.41, 5.74) is 15.5. The monoisotopic (exact) mass is 578 g/mol. The Morgan fingerprint density at radius 1 is 1.13 bits per heavy atom. The van der Waals surface area contributed by atoms with Crippen LogP contribution in [0.3, 0.4) is 0 Å². The highest BCUT2D eigenvalue weighted by atomic mass is 35.5. The van der Waals surface area contributed by atoms with E-state index < -0.39 is 6.61 Å². The minimum absolute atomic E-state index is 0.0134. The number of allylic oxidation sites excluding steroid dienone is 1. The lowest BCUT2D eigenvalue weighted by Crippen LogP contribution is -2.37. The van der Waals surface area contributed by atoms with E-state index in [1.165, 1.54) is 38.3 Å². The van der Waals surface area contributed by atoms with Crippen LogP contribution >= 0.6 is 23.2 Å². The van der Waals surface area contributed by atoms with E-state index in [2.05, 4.69) is 15.3 Å². The van der Waals surface area contributed by atoms with Gasteiger partial charge in [-0.1, -0.05) is 61.7 Å². The predicted molar refractivity (Wildman–Crippen MR) is 159 cm³/mol. The van der Waals surface area contributed by atoms with E-state index >= 15 is 0 Å². The molecule has 0 fully saturated rings. The highest BCUT2D eigenvalue weighted by Gasteiger charge is 2.27. The topological polar surface area (TPSA) is 150 Å². The van der Waals surface area contributed by atoms with Crippen molar-refractivity contribution < 1.29 is 14.7 Å². The van der Waals surface area contributed by atoms with Crippen LogP contribution in [0.15, 0.2) is 17.1 Å². The van der Waals surface area contributed by atoms with Crippen molar-refractivity contribution in [3.8, 4) is 0 Å². The molecule has 1 aromatic carbocycles. The number of hydrogen-bond acceptors (Lipinski definition) is 6. The molecule has 11 heteroatoms. The fraction of sp³-hybridized carbons (Fsp3) is 0.536. The van der Waals surface area contributed by atoms with Gasteiger partial charge in [0.15, 0.2) is 0 Å². The van der Waals surface area contributed by atoms with Gasteiger partial charge in [-0.05, 0) is 31.5 Å². The zero-order valence-electron chi connectivity index (χ0n) is 22.4. The van der Waals surface area contributed by atoms with Crippen molar-refractivity contribution in [3.63, 3.8) is 0 Å². The van der Waals surface area contributed by atoms with Crippen molar-refractivity contribution >= 4 is 57.8 Å². The average Bonchev–Trinajstić information content (AvgIpc) is 3.32. The summed E-state index contributed by atoms with van der Waals surface area (Å²) in [6.45, 7) is 1.72. The summed E-state index contributed by atoms with van der Waals surface area (Å²) in [4.78, 5) is 33.3. The van der Waals surface area contributed by atoms with Gasteiger partial charge >= 0.3 is 0 Å². The number of nitrogens with two attached hydrogens (primary N) is 2. The normalized spacial score (nSPS) is 13.8. The van der Waals surface area contributed by atoms with Gasteiger partial charge in [-0.25, -0.2) is 0 Å². The van der Waals surface area contributed by atoms with Gasteiger partial charge in [0.1, 0.15) is 13.2 Å². The van der Waals surface area contributed by atoms with Crippen LogP contribution < -0.4 is 16.8 Å². The lowest BCUT2D eigenvalue weighted by Gasteiger charge is -2.27. The Balaban J connectivity index is 1.54. The summed E-state index contributed by atoms with van der Waals surface area (Å²) in [6, 6.07) is 1.69. The molecule has 214 valence electrons. The maximum Gasteiger partial charge on any atom is 0.248 e. The SMILES string of the molecule is NCCCCCCCCCCNC(=O)CN=C/C=C(\N)c1cc(Cl)c(Cl)c2[nH]c3c(c12)CN(C(=O)CO)CC3. The first-order chi connectivity index (χ1) is 18.9. The lowest BCUT2D eigenvalue weighted by molar-refractivity contribution is -0.135. The zero-order chi connectivity index (χ0) is 28.2. The Morgan fingerprint density at radius 2 is 1.82 bits per heavy atom. The Labute approximate surface area is 240 Å². The minimum Gasteiger partial charge on any atom is -0.398 e. The molecule has 1 aromatic heterocycles. The number of benzene rings is 1. The van der Waals surface area contributed by atoms with Gasteiger partial charge in [0.2, 0.25) is 11.8 Å².